The molecule has 7 heteroatoms. The minimum Gasteiger partial charge on any atom is -0.382 e. The minimum atomic E-state index is -0.377. The second kappa shape index (κ2) is 12.6. The SMILES string of the molecule is C=N/C(C)=C1/C(N)=NC=CN1CC=C(C)c1cc(Cl)c(F)c(C(=C)N2CCC(CC)CC2)c1CC(C)C. The quantitative estimate of drug-likeness (QED) is 0.345. The Kier molecular flexibility index (Phi) is 9.77. The number of allylic oxidation sites excluding steroid dienone is 2. The highest BCUT2D eigenvalue weighted by molar-refractivity contribution is 6.31. The van der Waals surface area contributed by atoms with Gasteiger partial charge in [0.15, 0.2) is 5.82 Å². The maximum Gasteiger partial charge on any atom is 0.151 e. The number of amidine groups is 1. The van der Waals surface area contributed by atoms with E-state index in [0.29, 0.717) is 29.6 Å². The van der Waals surface area contributed by atoms with Crippen molar-refractivity contribution in [1.29, 1.82) is 0 Å². The van der Waals surface area contributed by atoms with E-state index >= 15 is 4.39 Å². The van der Waals surface area contributed by atoms with E-state index < -0.39 is 0 Å². The predicted octanol–water partition coefficient (Wildman–Crippen LogP) is 7.25. The molecule has 2 aliphatic rings. The van der Waals surface area contributed by atoms with Gasteiger partial charge in [0.05, 0.1) is 10.7 Å². The third kappa shape index (κ3) is 6.53. The van der Waals surface area contributed by atoms with Crippen molar-refractivity contribution in [3.63, 3.8) is 0 Å². The summed E-state index contributed by atoms with van der Waals surface area (Å²) in [7, 11) is 0. The smallest absolute Gasteiger partial charge is 0.151 e. The lowest BCUT2D eigenvalue weighted by molar-refractivity contribution is 0.250. The Hall–Kier alpha value is -2.86. The molecule has 0 saturated carbocycles. The molecule has 1 aromatic rings. The van der Waals surface area contributed by atoms with E-state index in [0.717, 1.165) is 66.4 Å². The van der Waals surface area contributed by atoms with Gasteiger partial charge in [0.1, 0.15) is 11.5 Å². The Bertz CT molecular complexity index is 1150. The monoisotopic (exact) mass is 525 g/mol. The fourth-order valence-corrected chi connectivity index (χ4v) is 5.35. The number of hydrogen-bond acceptors (Lipinski definition) is 5. The largest absolute Gasteiger partial charge is 0.382 e. The van der Waals surface area contributed by atoms with Crippen LogP contribution in [0.25, 0.3) is 11.3 Å². The third-order valence-electron chi connectivity index (χ3n) is 7.39. The topological polar surface area (TPSA) is 57.2 Å². The van der Waals surface area contributed by atoms with Gasteiger partial charge in [0.2, 0.25) is 0 Å². The normalized spacial score (nSPS) is 18.4. The number of nitrogens with zero attached hydrogens (tertiary/aromatic N) is 4. The van der Waals surface area contributed by atoms with Crippen LogP contribution >= 0.6 is 11.6 Å². The number of piperidine rings is 1. The second-order valence-corrected chi connectivity index (χ2v) is 10.8. The van der Waals surface area contributed by atoms with Crippen molar-refractivity contribution in [1.82, 2.24) is 9.80 Å². The second-order valence-electron chi connectivity index (χ2n) is 10.4. The summed E-state index contributed by atoms with van der Waals surface area (Å²) in [6.07, 6.45) is 9.75. The summed E-state index contributed by atoms with van der Waals surface area (Å²) >= 11 is 6.51. The van der Waals surface area contributed by atoms with Gasteiger partial charge in [-0.1, -0.05) is 51.4 Å². The maximum absolute atomic E-state index is 15.7. The van der Waals surface area contributed by atoms with E-state index in [1.54, 1.807) is 12.3 Å². The van der Waals surface area contributed by atoms with Gasteiger partial charge in [-0.25, -0.2) is 9.38 Å². The number of aliphatic imine (C=N–C) groups is 2. The van der Waals surface area contributed by atoms with Gasteiger partial charge in [-0.2, -0.15) is 0 Å². The summed E-state index contributed by atoms with van der Waals surface area (Å²) in [5, 5.41) is 0.122. The first kappa shape index (κ1) is 28.7. The predicted molar refractivity (Wildman–Crippen MR) is 157 cm³/mol. The number of rotatable bonds is 9. The van der Waals surface area contributed by atoms with Gasteiger partial charge < -0.3 is 15.5 Å². The van der Waals surface area contributed by atoms with E-state index in [-0.39, 0.29) is 10.8 Å². The molecule has 1 aromatic carbocycles. The number of likely N-dealkylation sites (tertiary alicyclic amines) is 1. The van der Waals surface area contributed by atoms with Crippen molar-refractivity contribution < 1.29 is 4.39 Å². The summed E-state index contributed by atoms with van der Waals surface area (Å²) in [6.45, 7) is 20.8. The van der Waals surface area contributed by atoms with Crippen LogP contribution in [0.4, 0.5) is 4.39 Å². The number of halogens is 2. The first-order chi connectivity index (χ1) is 17.6. The zero-order valence-electron chi connectivity index (χ0n) is 23.0. The molecule has 0 aromatic heterocycles. The number of hydrogen-bond donors (Lipinski definition) is 1. The van der Waals surface area contributed by atoms with Gasteiger partial charge in [-0.05, 0) is 74.4 Å². The van der Waals surface area contributed by atoms with Crippen LogP contribution in [0, 0.1) is 17.7 Å². The van der Waals surface area contributed by atoms with Crippen molar-refractivity contribution in [2.75, 3.05) is 19.6 Å². The summed E-state index contributed by atoms with van der Waals surface area (Å²) in [5.41, 5.74) is 11.8. The fourth-order valence-electron chi connectivity index (χ4n) is 5.15. The molecule has 2 heterocycles. The number of nitrogens with two attached hydrogens (primary N) is 1. The lowest BCUT2D eigenvalue weighted by atomic mass is 9.87. The van der Waals surface area contributed by atoms with Gasteiger partial charge in [-0.3, -0.25) is 4.99 Å². The third-order valence-corrected chi connectivity index (χ3v) is 7.67. The van der Waals surface area contributed by atoms with Gasteiger partial charge in [0.25, 0.3) is 0 Å². The van der Waals surface area contributed by atoms with Gasteiger partial charge in [-0.15, -0.1) is 0 Å². The summed E-state index contributed by atoms with van der Waals surface area (Å²) < 4.78 is 15.7. The molecule has 1 fully saturated rings. The highest BCUT2D eigenvalue weighted by Gasteiger charge is 2.26. The average Bonchev–Trinajstić information content (AvgIpc) is 2.88. The van der Waals surface area contributed by atoms with Crippen LogP contribution in [0.15, 0.2) is 52.5 Å². The van der Waals surface area contributed by atoms with E-state index in [9.17, 15) is 0 Å². The summed E-state index contributed by atoms with van der Waals surface area (Å²) in [6, 6.07) is 1.76. The van der Waals surface area contributed by atoms with Crippen LogP contribution in [-0.4, -0.2) is 42.0 Å². The van der Waals surface area contributed by atoms with E-state index in [4.69, 9.17) is 17.3 Å². The molecule has 3 rings (SSSR count). The zero-order chi connectivity index (χ0) is 27.3. The Morgan fingerprint density at radius 2 is 2.00 bits per heavy atom. The van der Waals surface area contributed by atoms with E-state index in [1.165, 1.54) is 6.42 Å². The van der Waals surface area contributed by atoms with Crippen LogP contribution in [0.3, 0.4) is 0 Å². The molecule has 1 saturated heterocycles. The van der Waals surface area contributed by atoms with Crippen molar-refractivity contribution in [2.45, 2.75) is 60.3 Å². The Morgan fingerprint density at radius 1 is 1.32 bits per heavy atom. The summed E-state index contributed by atoms with van der Waals surface area (Å²) in [5.74, 6) is 1.08. The van der Waals surface area contributed by atoms with E-state index in [1.807, 2.05) is 24.9 Å². The maximum atomic E-state index is 15.7. The van der Waals surface area contributed by atoms with Gasteiger partial charge in [0, 0.05) is 43.3 Å². The highest BCUT2D eigenvalue weighted by atomic mass is 35.5. The average molecular weight is 526 g/mol. The molecule has 0 atom stereocenters. The zero-order valence-corrected chi connectivity index (χ0v) is 23.7. The van der Waals surface area contributed by atoms with Crippen LogP contribution < -0.4 is 5.73 Å². The van der Waals surface area contributed by atoms with Crippen LogP contribution in [-0.2, 0) is 6.42 Å². The molecule has 2 aliphatic heterocycles. The Labute approximate surface area is 227 Å². The summed E-state index contributed by atoms with van der Waals surface area (Å²) in [4.78, 5) is 12.5. The molecule has 0 amide bonds. The molecule has 0 radical (unpaired) electrons. The molecule has 0 bridgehead atoms. The standard InChI is InChI=1S/C30H41ClFN5/c1-8-23-10-14-36(15-11-23)22(6)27-25(17-19(2)3)24(18-26(31)28(27)32)20(4)9-13-37-16-12-35-30(33)29(37)21(5)34-7/h9,12,16,18-19,23H,6-8,10-11,13-15,17H2,1-5H3,(H2,33,35)/b20-9?,29-21-. The fraction of sp³-hybridized carbons (Fsp3) is 0.467. The molecular formula is C30H41ClFN5. The van der Waals surface area contributed by atoms with Crippen molar-refractivity contribution in [3.8, 4) is 0 Å². The van der Waals surface area contributed by atoms with Gasteiger partial charge >= 0.3 is 0 Å². The highest BCUT2D eigenvalue weighted by Crippen LogP contribution is 2.37. The Balaban J connectivity index is 2.01. The molecule has 200 valence electrons. The minimum absolute atomic E-state index is 0.122. The lowest BCUT2D eigenvalue weighted by Crippen LogP contribution is -2.32. The van der Waals surface area contributed by atoms with E-state index in [2.05, 4.69) is 55.0 Å². The van der Waals surface area contributed by atoms with Crippen molar-refractivity contribution in [2.24, 2.45) is 27.6 Å². The molecule has 0 spiro atoms. The molecule has 2 N–H and O–H groups in total. The molecule has 37 heavy (non-hydrogen) atoms. The number of benzene rings is 1. The first-order valence-corrected chi connectivity index (χ1v) is 13.5. The molecular weight excluding hydrogens is 485 g/mol. The van der Waals surface area contributed by atoms with Crippen LogP contribution in [0.1, 0.15) is 70.6 Å². The molecule has 0 aliphatic carbocycles. The lowest BCUT2D eigenvalue weighted by Gasteiger charge is -2.35. The Morgan fingerprint density at radius 3 is 2.59 bits per heavy atom. The van der Waals surface area contributed by atoms with Crippen LogP contribution in [0.2, 0.25) is 5.02 Å². The first-order valence-electron chi connectivity index (χ1n) is 13.2. The van der Waals surface area contributed by atoms with Crippen LogP contribution in [0.5, 0.6) is 0 Å². The molecule has 0 unspecified atom stereocenters. The molecule has 5 nitrogen and oxygen atoms in total. The van der Waals surface area contributed by atoms with Crippen molar-refractivity contribution >= 4 is 35.4 Å². The van der Waals surface area contributed by atoms with Crippen molar-refractivity contribution in [3.05, 3.63) is 70.0 Å².